The van der Waals surface area contributed by atoms with Gasteiger partial charge in [-0.15, -0.1) is 0 Å². The van der Waals surface area contributed by atoms with E-state index in [4.69, 9.17) is 14.2 Å². The monoisotopic (exact) mass is 484 g/mol. The summed E-state index contributed by atoms with van der Waals surface area (Å²) in [6.07, 6.45) is 0. The second kappa shape index (κ2) is 8.96. The molecule has 1 amide bonds. The maximum atomic E-state index is 13.0. The van der Waals surface area contributed by atoms with Crippen LogP contribution in [0.5, 0.6) is 17.2 Å². The van der Waals surface area contributed by atoms with Crippen LogP contribution in [0.4, 0.5) is 5.69 Å². The summed E-state index contributed by atoms with van der Waals surface area (Å²) >= 11 is 0. The molecule has 0 bridgehead atoms. The number of carbonyl (C=O) groups is 1. The van der Waals surface area contributed by atoms with Gasteiger partial charge in [-0.2, -0.15) is 0 Å². The number of hydrogen-bond acceptors (Lipinski definition) is 8. The van der Waals surface area contributed by atoms with Crippen molar-refractivity contribution < 1.29 is 35.8 Å². The van der Waals surface area contributed by atoms with Crippen molar-refractivity contribution in [3.05, 3.63) is 42.0 Å². The van der Waals surface area contributed by atoms with Crippen LogP contribution < -0.4 is 23.2 Å². The van der Waals surface area contributed by atoms with Crippen molar-refractivity contribution in [3.63, 3.8) is 0 Å². The average Bonchev–Trinajstić information content (AvgIpc) is 2.97. The summed E-state index contributed by atoms with van der Waals surface area (Å²) in [6.45, 7) is 1.43. The average molecular weight is 485 g/mol. The molecule has 1 heterocycles. The smallest absolute Gasteiger partial charge is 0.244 e. The largest absolute Gasteiger partial charge is 0.495 e. The molecule has 2 aromatic carbocycles. The predicted octanol–water partition coefficient (Wildman–Crippen LogP) is 1.50. The number of rotatable bonds is 8. The number of sulfonamides is 2. The maximum absolute atomic E-state index is 13.0. The van der Waals surface area contributed by atoms with Crippen molar-refractivity contribution in [1.29, 1.82) is 0 Å². The standard InChI is InChI=1S/C20H24N2O8S2/c1-13-12-31(24,25)22(20(13)23)15-6-8-17(29-3)19(10-15)32(26,27)21-11-14-5-7-16(28-2)18(9-14)30-4/h5-10,13,21H,11-12H2,1-4H3. The quantitative estimate of drug-likeness (QED) is 0.597. The van der Waals surface area contributed by atoms with Gasteiger partial charge in [0.2, 0.25) is 26.0 Å². The molecule has 174 valence electrons. The number of hydrogen-bond donors (Lipinski definition) is 1. The van der Waals surface area contributed by atoms with Gasteiger partial charge in [-0.1, -0.05) is 13.0 Å². The fraction of sp³-hybridized carbons (Fsp3) is 0.350. The minimum atomic E-state index is -4.14. The van der Waals surface area contributed by atoms with Crippen LogP contribution in [0, 0.1) is 5.92 Å². The molecule has 1 aliphatic rings. The first-order valence-electron chi connectivity index (χ1n) is 9.49. The molecule has 0 spiro atoms. The predicted molar refractivity (Wildman–Crippen MR) is 117 cm³/mol. The zero-order valence-electron chi connectivity index (χ0n) is 18.0. The van der Waals surface area contributed by atoms with Crippen molar-refractivity contribution in [3.8, 4) is 17.2 Å². The minimum absolute atomic E-state index is 0.00524. The minimum Gasteiger partial charge on any atom is -0.495 e. The molecule has 1 atom stereocenters. The summed E-state index contributed by atoms with van der Waals surface area (Å²) in [7, 11) is -3.77. The van der Waals surface area contributed by atoms with Crippen molar-refractivity contribution in [2.45, 2.75) is 18.4 Å². The van der Waals surface area contributed by atoms with Gasteiger partial charge in [-0.3, -0.25) is 4.79 Å². The van der Waals surface area contributed by atoms with E-state index >= 15 is 0 Å². The van der Waals surface area contributed by atoms with Gasteiger partial charge in [-0.25, -0.2) is 25.9 Å². The Hall–Kier alpha value is -2.83. The lowest BCUT2D eigenvalue weighted by Gasteiger charge is -2.18. The summed E-state index contributed by atoms with van der Waals surface area (Å²) in [4.78, 5) is 12.1. The van der Waals surface area contributed by atoms with Gasteiger partial charge in [0, 0.05) is 6.54 Å². The second-order valence-corrected chi connectivity index (χ2v) is 10.7. The summed E-state index contributed by atoms with van der Waals surface area (Å²) in [5.74, 6) is -0.722. The molecule has 0 aliphatic carbocycles. The van der Waals surface area contributed by atoms with E-state index in [9.17, 15) is 21.6 Å². The van der Waals surface area contributed by atoms with Gasteiger partial charge >= 0.3 is 0 Å². The fourth-order valence-corrected chi connectivity index (χ4v) is 6.35. The lowest BCUT2D eigenvalue weighted by atomic mass is 10.2. The number of amides is 1. The SMILES string of the molecule is COc1ccc(CNS(=O)(=O)c2cc(N3C(=O)C(C)CS3(=O)=O)ccc2OC)cc1OC. The Balaban J connectivity index is 1.94. The number of methoxy groups -OCH3 is 3. The molecule has 10 nitrogen and oxygen atoms in total. The molecule has 12 heteroatoms. The number of anilines is 1. The van der Waals surface area contributed by atoms with Crippen LogP contribution in [0.2, 0.25) is 0 Å². The maximum Gasteiger partial charge on any atom is 0.244 e. The van der Waals surface area contributed by atoms with Crippen molar-refractivity contribution >= 4 is 31.6 Å². The zero-order chi connectivity index (χ0) is 23.7. The van der Waals surface area contributed by atoms with E-state index in [2.05, 4.69) is 4.72 Å². The Labute approximate surface area is 187 Å². The lowest BCUT2D eigenvalue weighted by Crippen LogP contribution is -2.31. The van der Waals surface area contributed by atoms with Crippen LogP contribution in [-0.2, 0) is 31.4 Å². The number of benzene rings is 2. The van der Waals surface area contributed by atoms with Gasteiger partial charge in [0.05, 0.1) is 38.7 Å². The topological polar surface area (TPSA) is 128 Å². The molecule has 1 unspecified atom stereocenters. The van der Waals surface area contributed by atoms with E-state index in [1.165, 1.54) is 40.4 Å². The van der Waals surface area contributed by atoms with Crippen LogP contribution >= 0.6 is 0 Å². The normalized spacial score (nSPS) is 17.9. The van der Waals surface area contributed by atoms with E-state index in [1.807, 2.05) is 0 Å². The highest BCUT2D eigenvalue weighted by atomic mass is 32.2. The van der Waals surface area contributed by atoms with E-state index in [0.717, 1.165) is 6.07 Å². The molecule has 0 saturated carbocycles. The highest BCUT2D eigenvalue weighted by Crippen LogP contribution is 2.34. The van der Waals surface area contributed by atoms with Crippen LogP contribution in [0.15, 0.2) is 41.3 Å². The van der Waals surface area contributed by atoms with Crippen molar-refractivity contribution in [2.75, 3.05) is 31.4 Å². The highest BCUT2D eigenvalue weighted by Gasteiger charge is 2.42. The Morgan fingerprint density at radius 3 is 2.19 bits per heavy atom. The first-order chi connectivity index (χ1) is 15.0. The molecule has 1 N–H and O–H groups in total. The van der Waals surface area contributed by atoms with Gasteiger partial charge in [0.15, 0.2) is 11.5 Å². The molecule has 1 fully saturated rings. The van der Waals surface area contributed by atoms with E-state index in [-0.39, 0.29) is 28.6 Å². The Morgan fingerprint density at radius 1 is 1.00 bits per heavy atom. The van der Waals surface area contributed by atoms with E-state index in [0.29, 0.717) is 21.4 Å². The molecule has 0 radical (unpaired) electrons. The molecule has 32 heavy (non-hydrogen) atoms. The summed E-state index contributed by atoms with van der Waals surface area (Å²) < 4.78 is 69.5. The molecule has 1 saturated heterocycles. The summed E-state index contributed by atoms with van der Waals surface area (Å²) in [5.41, 5.74) is 0.541. The number of carbonyl (C=O) groups excluding carboxylic acids is 1. The number of ether oxygens (including phenoxy) is 3. The van der Waals surface area contributed by atoms with Gasteiger partial charge < -0.3 is 14.2 Å². The first kappa shape index (κ1) is 23.8. The number of nitrogens with one attached hydrogen (secondary N) is 1. The van der Waals surface area contributed by atoms with E-state index < -0.39 is 31.9 Å². The van der Waals surface area contributed by atoms with Gasteiger partial charge in [-0.05, 0) is 35.9 Å². The Bertz CT molecular complexity index is 1240. The van der Waals surface area contributed by atoms with Crippen molar-refractivity contribution in [2.24, 2.45) is 5.92 Å². The summed E-state index contributed by atoms with van der Waals surface area (Å²) in [6, 6.07) is 8.71. The molecule has 2 aromatic rings. The third kappa shape index (κ3) is 4.52. The lowest BCUT2D eigenvalue weighted by molar-refractivity contribution is -0.119. The zero-order valence-corrected chi connectivity index (χ0v) is 19.6. The third-order valence-electron chi connectivity index (χ3n) is 4.95. The van der Waals surface area contributed by atoms with Crippen molar-refractivity contribution in [1.82, 2.24) is 4.72 Å². The fourth-order valence-electron chi connectivity index (χ4n) is 3.34. The molecule has 1 aliphatic heterocycles. The van der Waals surface area contributed by atoms with Gasteiger partial charge in [0.1, 0.15) is 10.6 Å². The number of nitrogens with zero attached hydrogens (tertiary/aromatic N) is 1. The highest BCUT2D eigenvalue weighted by molar-refractivity contribution is 7.94. The van der Waals surface area contributed by atoms with E-state index in [1.54, 1.807) is 18.2 Å². The van der Waals surface area contributed by atoms with Crippen LogP contribution in [-0.4, -0.2) is 49.8 Å². The molecule has 3 rings (SSSR count). The molecular weight excluding hydrogens is 460 g/mol. The first-order valence-corrected chi connectivity index (χ1v) is 12.6. The molecular formula is C20H24N2O8S2. The second-order valence-electron chi connectivity index (χ2n) is 7.13. The van der Waals surface area contributed by atoms with Gasteiger partial charge in [0.25, 0.3) is 0 Å². The Kier molecular flexibility index (Phi) is 6.67. The third-order valence-corrected chi connectivity index (χ3v) is 8.24. The summed E-state index contributed by atoms with van der Waals surface area (Å²) in [5, 5.41) is 0. The van der Waals surface area contributed by atoms with Crippen LogP contribution in [0.25, 0.3) is 0 Å². The van der Waals surface area contributed by atoms with Crippen LogP contribution in [0.1, 0.15) is 12.5 Å². The molecule has 0 aromatic heterocycles. The van der Waals surface area contributed by atoms with Crippen LogP contribution in [0.3, 0.4) is 0 Å². The Morgan fingerprint density at radius 2 is 1.62 bits per heavy atom.